The predicted octanol–water partition coefficient (Wildman–Crippen LogP) is 3.29. The number of carbonyl (C=O) groups is 1. The van der Waals surface area contributed by atoms with Crippen LogP contribution >= 0.6 is 0 Å². The summed E-state index contributed by atoms with van der Waals surface area (Å²) < 4.78 is 28.1. The third kappa shape index (κ3) is 4.84. The van der Waals surface area contributed by atoms with Gasteiger partial charge in [0.25, 0.3) is 15.9 Å². The summed E-state index contributed by atoms with van der Waals surface area (Å²) in [5.74, 6) is -0.258. The molecule has 0 saturated carbocycles. The molecular weight excluding hydrogens is 398 g/mol. The second-order valence-electron chi connectivity index (χ2n) is 7.82. The van der Waals surface area contributed by atoms with Crippen LogP contribution in [0.3, 0.4) is 0 Å². The highest BCUT2D eigenvalue weighted by atomic mass is 32.2. The zero-order chi connectivity index (χ0) is 21.7. The monoisotopic (exact) mass is 429 g/mol. The van der Waals surface area contributed by atoms with Gasteiger partial charge in [0.15, 0.2) is 0 Å². The van der Waals surface area contributed by atoms with Crippen molar-refractivity contribution in [1.82, 2.24) is 10.2 Å². The summed E-state index contributed by atoms with van der Waals surface area (Å²) in [5.41, 5.74) is 2.12. The molecule has 0 fully saturated rings. The molecule has 0 aliphatic carbocycles. The summed E-state index contributed by atoms with van der Waals surface area (Å²) in [6.07, 6.45) is 1.65. The number of rotatable bonds is 8. The molecule has 162 valence electrons. The van der Waals surface area contributed by atoms with Gasteiger partial charge in [-0.05, 0) is 63.1 Å². The minimum absolute atomic E-state index is 0.143. The van der Waals surface area contributed by atoms with Crippen LogP contribution in [0.5, 0.6) is 0 Å². The topological polar surface area (TPSA) is 69.7 Å². The maximum atomic E-state index is 13.3. The van der Waals surface area contributed by atoms with Crippen molar-refractivity contribution in [2.75, 3.05) is 30.5 Å². The SMILES string of the molecule is CCN(CCNC(=O)c1cccc(S(=O)(=O)N2CCCc3ccccc32)c1)C(C)C. The minimum Gasteiger partial charge on any atom is -0.351 e. The van der Waals surface area contributed by atoms with Gasteiger partial charge >= 0.3 is 0 Å². The van der Waals surface area contributed by atoms with E-state index in [4.69, 9.17) is 0 Å². The third-order valence-corrected chi connectivity index (χ3v) is 7.38. The van der Waals surface area contributed by atoms with E-state index in [9.17, 15) is 13.2 Å². The fraction of sp³-hybridized carbons (Fsp3) is 0.435. The Labute approximate surface area is 179 Å². The zero-order valence-corrected chi connectivity index (χ0v) is 18.8. The van der Waals surface area contributed by atoms with E-state index in [-0.39, 0.29) is 10.8 Å². The van der Waals surface area contributed by atoms with Crippen molar-refractivity contribution in [3.05, 3.63) is 59.7 Å². The molecule has 1 aliphatic rings. The van der Waals surface area contributed by atoms with Gasteiger partial charge < -0.3 is 5.32 Å². The smallest absolute Gasteiger partial charge is 0.264 e. The lowest BCUT2D eigenvalue weighted by Crippen LogP contribution is -2.38. The molecule has 0 bridgehead atoms. The van der Waals surface area contributed by atoms with Crippen LogP contribution in [-0.2, 0) is 16.4 Å². The Morgan fingerprint density at radius 3 is 2.67 bits per heavy atom. The molecule has 2 aromatic carbocycles. The number of nitrogens with one attached hydrogen (secondary N) is 1. The second-order valence-corrected chi connectivity index (χ2v) is 9.68. The van der Waals surface area contributed by atoms with Gasteiger partial charge in [0.05, 0.1) is 10.6 Å². The van der Waals surface area contributed by atoms with Crippen molar-refractivity contribution >= 4 is 21.6 Å². The normalized spacial score (nSPS) is 14.1. The molecule has 1 aliphatic heterocycles. The summed E-state index contributed by atoms with van der Waals surface area (Å²) in [6.45, 7) is 8.96. The molecule has 1 amide bonds. The van der Waals surface area contributed by atoms with Crippen LogP contribution in [0, 0.1) is 0 Å². The van der Waals surface area contributed by atoms with Gasteiger partial charge in [-0.25, -0.2) is 8.42 Å². The summed E-state index contributed by atoms with van der Waals surface area (Å²) >= 11 is 0. The van der Waals surface area contributed by atoms with Gasteiger partial charge in [-0.15, -0.1) is 0 Å². The van der Waals surface area contributed by atoms with Crippen molar-refractivity contribution in [1.29, 1.82) is 0 Å². The largest absolute Gasteiger partial charge is 0.351 e. The van der Waals surface area contributed by atoms with Crippen LogP contribution in [-0.4, -0.2) is 51.4 Å². The number of para-hydroxylation sites is 1. The number of sulfonamides is 1. The molecule has 7 heteroatoms. The lowest BCUT2D eigenvalue weighted by atomic mass is 10.0. The first-order valence-electron chi connectivity index (χ1n) is 10.6. The molecule has 0 unspecified atom stereocenters. The van der Waals surface area contributed by atoms with E-state index in [1.165, 1.54) is 10.4 Å². The molecular formula is C23H31N3O3S. The fourth-order valence-electron chi connectivity index (χ4n) is 3.87. The van der Waals surface area contributed by atoms with E-state index in [1.54, 1.807) is 18.2 Å². The average molecular weight is 430 g/mol. The molecule has 1 heterocycles. The first-order valence-corrected chi connectivity index (χ1v) is 12.0. The Morgan fingerprint density at radius 1 is 1.17 bits per heavy atom. The number of hydrogen-bond acceptors (Lipinski definition) is 4. The van der Waals surface area contributed by atoms with Crippen molar-refractivity contribution in [2.45, 2.75) is 44.6 Å². The first-order chi connectivity index (χ1) is 14.3. The number of amides is 1. The lowest BCUT2D eigenvalue weighted by Gasteiger charge is -2.30. The number of likely N-dealkylation sites (N-methyl/N-ethyl adjacent to an activating group) is 1. The van der Waals surface area contributed by atoms with Gasteiger partial charge in [0.1, 0.15) is 0 Å². The summed E-state index contributed by atoms with van der Waals surface area (Å²) in [5, 5.41) is 2.90. The standard InChI is InChI=1S/C23H31N3O3S/c1-4-25(18(2)3)16-14-24-23(27)20-10-7-12-21(17-20)30(28,29)26-15-8-11-19-9-5-6-13-22(19)26/h5-7,9-10,12-13,17-18H,4,8,11,14-16H2,1-3H3,(H,24,27). The van der Waals surface area contributed by atoms with E-state index in [1.807, 2.05) is 24.3 Å². The maximum absolute atomic E-state index is 13.3. The van der Waals surface area contributed by atoms with Gasteiger partial charge in [-0.3, -0.25) is 14.0 Å². The third-order valence-electron chi connectivity index (χ3n) is 5.57. The molecule has 0 spiro atoms. The molecule has 2 aromatic rings. The van der Waals surface area contributed by atoms with E-state index in [2.05, 4.69) is 31.0 Å². The number of benzene rings is 2. The molecule has 0 saturated heterocycles. The first kappa shape index (κ1) is 22.3. The van der Waals surface area contributed by atoms with Crippen molar-refractivity contribution in [2.24, 2.45) is 0 Å². The predicted molar refractivity (Wildman–Crippen MR) is 120 cm³/mol. The van der Waals surface area contributed by atoms with Crippen molar-refractivity contribution in [3.63, 3.8) is 0 Å². The molecule has 1 N–H and O–H groups in total. The van der Waals surface area contributed by atoms with Crippen LogP contribution in [0.1, 0.15) is 43.1 Å². The van der Waals surface area contributed by atoms with Crippen LogP contribution < -0.4 is 9.62 Å². The zero-order valence-electron chi connectivity index (χ0n) is 18.0. The van der Waals surface area contributed by atoms with Gasteiger partial charge in [-0.1, -0.05) is 31.2 Å². The number of carbonyl (C=O) groups excluding carboxylic acids is 1. The average Bonchev–Trinajstić information content (AvgIpc) is 2.76. The second kappa shape index (κ2) is 9.62. The summed E-state index contributed by atoms with van der Waals surface area (Å²) in [4.78, 5) is 15.0. The molecule has 3 rings (SSSR count). The van der Waals surface area contributed by atoms with E-state index in [0.717, 1.165) is 37.2 Å². The number of aryl methyl sites for hydroxylation is 1. The van der Waals surface area contributed by atoms with Crippen LogP contribution in [0.25, 0.3) is 0 Å². The van der Waals surface area contributed by atoms with Gasteiger partial charge in [0, 0.05) is 31.2 Å². The Bertz CT molecular complexity index is 989. The Kier molecular flexibility index (Phi) is 7.15. The number of nitrogens with zero attached hydrogens (tertiary/aromatic N) is 2. The molecule has 0 radical (unpaired) electrons. The number of hydrogen-bond donors (Lipinski definition) is 1. The summed E-state index contributed by atoms with van der Waals surface area (Å²) in [7, 11) is -3.74. The Hall–Kier alpha value is -2.38. The summed E-state index contributed by atoms with van der Waals surface area (Å²) in [6, 6.07) is 14.3. The quantitative estimate of drug-likeness (QED) is 0.699. The van der Waals surface area contributed by atoms with Crippen LogP contribution in [0.15, 0.2) is 53.4 Å². The number of anilines is 1. The van der Waals surface area contributed by atoms with E-state index >= 15 is 0 Å². The fourth-order valence-corrected chi connectivity index (χ4v) is 5.46. The highest BCUT2D eigenvalue weighted by molar-refractivity contribution is 7.92. The minimum atomic E-state index is -3.74. The molecule has 6 nitrogen and oxygen atoms in total. The highest BCUT2D eigenvalue weighted by Gasteiger charge is 2.29. The van der Waals surface area contributed by atoms with Gasteiger partial charge in [-0.2, -0.15) is 0 Å². The van der Waals surface area contributed by atoms with Crippen LogP contribution in [0.4, 0.5) is 5.69 Å². The van der Waals surface area contributed by atoms with Crippen molar-refractivity contribution < 1.29 is 13.2 Å². The van der Waals surface area contributed by atoms with E-state index < -0.39 is 10.0 Å². The van der Waals surface area contributed by atoms with Gasteiger partial charge in [0.2, 0.25) is 0 Å². The Morgan fingerprint density at radius 2 is 1.93 bits per heavy atom. The number of fused-ring (bicyclic) bond motifs is 1. The molecule has 0 atom stereocenters. The van der Waals surface area contributed by atoms with Crippen LogP contribution in [0.2, 0.25) is 0 Å². The maximum Gasteiger partial charge on any atom is 0.264 e. The Balaban J connectivity index is 1.76. The van der Waals surface area contributed by atoms with E-state index in [0.29, 0.717) is 24.7 Å². The molecule has 0 aromatic heterocycles. The highest BCUT2D eigenvalue weighted by Crippen LogP contribution is 2.31. The lowest BCUT2D eigenvalue weighted by molar-refractivity contribution is 0.0945. The van der Waals surface area contributed by atoms with Crippen molar-refractivity contribution in [3.8, 4) is 0 Å². The molecule has 30 heavy (non-hydrogen) atoms.